The van der Waals surface area contributed by atoms with Crippen molar-refractivity contribution in [2.24, 2.45) is 0 Å². The minimum absolute atomic E-state index is 0.0627. The number of carbonyl (C=O) groups is 3. The number of likely N-dealkylation sites (tertiary alicyclic amines) is 1. The van der Waals surface area contributed by atoms with Crippen molar-refractivity contribution in [3.8, 4) is 0 Å². The van der Waals surface area contributed by atoms with Crippen molar-refractivity contribution in [1.82, 2.24) is 24.4 Å². The van der Waals surface area contributed by atoms with Gasteiger partial charge in [-0.2, -0.15) is 0 Å². The van der Waals surface area contributed by atoms with Gasteiger partial charge in [0.1, 0.15) is 40.6 Å². The third kappa shape index (κ3) is 5.81. The van der Waals surface area contributed by atoms with Crippen molar-refractivity contribution in [2.75, 3.05) is 10.6 Å². The van der Waals surface area contributed by atoms with Crippen LogP contribution in [0.3, 0.4) is 0 Å². The predicted molar refractivity (Wildman–Crippen MR) is 137 cm³/mol. The highest BCUT2D eigenvalue weighted by molar-refractivity contribution is 9.10. The zero-order chi connectivity index (χ0) is 26.0. The summed E-state index contributed by atoms with van der Waals surface area (Å²) in [7, 11) is 0. The number of nitrogens with one attached hydrogen (secondary N) is 2. The minimum atomic E-state index is -0.665. The molecule has 3 amide bonds. The second kappa shape index (κ2) is 10.2. The monoisotopic (exact) mass is 557 g/mol. The Hall–Kier alpha value is -3.54. The molecule has 0 saturated carbocycles. The molecule has 3 aromatic rings. The molecule has 1 aliphatic rings. The lowest BCUT2D eigenvalue weighted by Crippen LogP contribution is -2.47. The van der Waals surface area contributed by atoms with Gasteiger partial charge in [0.05, 0.1) is 11.1 Å². The van der Waals surface area contributed by atoms with Crippen LogP contribution in [0.4, 0.5) is 16.3 Å². The molecule has 0 aliphatic carbocycles. The third-order valence-corrected chi connectivity index (χ3v) is 6.15. The first kappa shape index (κ1) is 25.5. The van der Waals surface area contributed by atoms with E-state index in [2.05, 4.69) is 41.5 Å². The smallest absolute Gasteiger partial charge is 0.412 e. The summed E-state index contributed by atoms with van der Waals surface area (Å²) in [5.74, 6) is -0.112. The van der Waals surface area contributed by atoms with Crippen LogP contribution in [0, 0.1) is 0 Å². The first-order chi connectivity index (χ1) is 17.0. The number of fused-ring (bicyclic) bond motifs is 1. The Morgan fingerprint density at radius 2 is 1.97 bits per heavy atom. The number of anilines is 2. The van der Waals surface area contributed by atoms with Crippen molar-refractivity contribution in [3.05, 3.63) is 41.5 Å². The van der Waals surface area contributed by atoms with Crippen LogP contribution in [0.2, 0.25) is 0 Å². The lowest BCUT2D eigenvalue weighted by Gasteiger charge is -2.28. The maximum Gasteiger partial charge on any atom is 0.412 e. The van der Waals surface area contributed by atoms with Gasteiger partial charge in [-0.25, -0.2) is 19.7 Å². The van der Waals surface area contributed by atoms with E-state index in [-0.39, 0.29) is 24.4 Å². The van der Waals surface area contributed by atoms with Crippen LogP contribution in [0.25, 0.3) is 11.0 Å². The fourth-order valence-corrected chi connectivity index (χ4v) is 4.58. The van der Waals surface area contributed by atoms with Gasteiger partial charge in [0.25, 0.3) is 0 Å². The van der Waals surface area contributed by atoms with Gasteiger partial charge in [0, 0.05) is 18.4 Å². The molecule has 0 radical (unpaired) electrons. The van der Waals surface area contributed by atoms with Gasteiger partial charge in [0.2, 0.25) is 11.8 Å². The fourth-order valence-electron chi connectivity index (χ4n) is 4.24. The topological polar surface area (TPSA) is 131 Å². The summed E-state index contributed by atoms with van der Waals surface area (Å²) >= 11 is 3.29. The number of carbonyl (C=O) groups excluding carboxylic acids is 3. The van der Waals surface area contributed by atoms with Gasteiger partial charge in [-0.3, -0.25) is 14.9 Å². The zero-order valence-corrected chi connectivity index (χ0v) is 22.1. The van der Waals surface area contributed by atoms with E-state index < -0.39 is 17.7 Å². The van der Waals surface area contributed by atoms with E-state index in [1.807, 2.05) is 6.92 Å². The molecule has 4 heterocycles. The lowest BCUT2D eigenvalue weighted by atomic mass is 10.2. The van der Waals surface area contributed by atoms with Crippen LogP contribution in [0.5, 0.6) is 0 Å². The number of halogens is 1. The summed E-state index contributed by atoms with van der Waals surface area (Å²) in [4.78, 5) is 53.0. The molecule has 0 aromatic carbocycles. The molecule has 1 fully saturated rings. The molecule has 4 rings (SSSR count). The minimum Gasteiger partial charge on any atom is -0.444 e. The van der Waals surface area contributed by atoms with Crippen LogP contribution in [-0.4, -0.2) is 60.0 Å². The number of pyridine rings is 1. The van der Waals surface area contributed by atoms with Crippen LogP contribution >= 0.6 is 15.9 Å². The van der Waals surface area contributed by atoms with Crippen molar-refractivity contribution >= 4 is 56.4 Å². The van der Waals surface area contributed by atoms with E-state index in [0.29, 0.717) is 40.0 Å². The van der Waals surface area contributed by atoms with E-state index in [1.54, 1.807) is 60.8 Å². The molecule has 0 spiro atoms. The molecule has 36 heavy (non-hydrogen) atoms. The summed E-state index contributed by atoms with van der Waals surface area (Å²) in [6.07, 6.45) is 5.20. The Bertz CT molecular complexity index is 1300. The Kier molecular flexibility index (Phi) is 7.25. The van der Waals surface area contributed by atoms with E-state index >= 15 is 0 Å². The van der Waals surface area contributed by atoms with E-state index in [1.165, 1.54) is 6.33 Å². The average molecular weight is 558 g/mol. The first-order valence-corrected chi connectivity index (χ1v) is 12.3. The Morgan fingerprint density at radius 1 is 1.19 bits per heavy atom. The number of hydrogen-bond acceptors (Lipinski definition) is 7. The van der Waals surface area contributed by atoms with Gasteiger partial charge in [0.15, 0.2) is 0 Å². The Labute approximate surface area is 216 Å². The summed E-state index contributed by atoms with van der Waals surface area (Å²) in [5, 5.41) is 6.09. The van der Waals surface area contributed by atoms with Gasteiger partial charge in [-0.1, -0.05) is 6.07 Å². The van der Waals surface area contributed by atoms with E-state index in [4.69, 9.17) is 4.74 Å². The molecular weight excluding hydrogens is 530 g/mol. The Balaban J connectivity index is 1.53. The number of nitrogens with zero attached hydrogens (tertiary/aromatic N) is 5. The molecule has 12 heteroatoms. The molecular formula is C24H28BrN7O4. The van der Waals surface area contributed by atoms with Crippen molar-refractivity contribution in [3.63, 3.8) is 0 Å². The quantitative estimate of drug-likeness (QED) is 0.454. The number of ether oxygens (including phenoxy) is 1. The van der Waals surface area contributed by atoms with Gasteiger partial charge >= 0.3 is 6.09 Å². The Morgan fingerprint density at radius 3 is 2.69 bits per heavy atom. The molecule has 1 saturated heterocycles. The number of aromatic nitrogens is 4. The standard InChI is InChI=1S/C24H28BrN7O4/c1-14-8-9-17(22(34)30-19-7-5-6-18(25)29-19)32(14)20(33)12-31-11-16(15-10-26-13-27-21(15)31)28-23(35)36-24(2,3)4/h5-7,10-11,13-14,17H,8-9,12H2,1-4H3,(H,28,35)(H,29,30,34)/t14-,17+/m1/s1. The molecule has 0 bridgehead atoms. The zero-order valence-electron chi connectivity index (χ0n) is 20.5. The third-order valence-electron chi connectivity index (χ3n) is 5.71. The highest BCUT2D eigenvalue weighted by Gasteiger charge is 2.39. The van der Waals surface area contributed by atoms with Gasteiger partial charge < -0.3 is 19.5 Å². The van der Waals surface area contributed by atoms with Crippen molar-refractivity contribution < 1.29 is 19.1 Å². The fraction of sp³-hybridized carbons (Fsp3) is 0.417. The second-order valence-corrected chi connectivity index (χ2v) is 10.4. The SMILES string of the molecule is C[C@@H]1CC[C@@H](C(=O)Nc2cccc(Br)n2)N1C(=O)Cn1cc(NC(=O)OC(C)(C)C)c2cncnc21. The van der Waals surface area contributed by atoms with Crippen molar-refractivity contribution in [1.29, 1.82) is 0 Å². The van der Waals surface area contributed by atoms with Crippen LogP contribution in [-0.2, 0) is 20.9 Å². The van der Waals surface area contributed by atoms with Gasteiger partial charge in [-0.05, 0) is 68.6 Å². The van der Waals surface area contributed by atoms with E-state index in [9.17, 15) is 14.4 Å². The molecule has 2 N–H and O–H groups in total. The highest BCUT2D eigenvalue weighted by Crippen LogP contribution is 2.28. The molecule has 2 atom stereocenters. The van der Waals surface area contributed by atoms with Crippen LogP contribution in [0.1, 0.15) is 40.5 Å². The maximum absolute atomic E-state index is 13.5. The molecule has 0 unspecified atom stereocenters. The lowest BCUT2D eigenvalue weighted by molar-refractivity contribution is -0.138. The molecule has 1 aliphatic heterocycles. The van der Waals surface area contributed by atoms with E-state index in [0.717, 1.165) is 0 Å². The summed E-state index contributed by atoms with van der Waals surface area (Å²) in [5.41, 5.74) is 0.245. The molecule has 190 valence electrons. The van der Waals surface area contributed by atoms with Crippen LogP contribution in [0.15, 0.2) is 41.5 Å². The molecule has 3 aromatic heterocycles. The predicted octanol–water partition coefficient (Wildman–Crippen LogP) is 3.95. The molecule has 11 nitrogen and oxygen atoms in total. The average Bonchev–Trinajstić information content (AvgIpc) is 3.33. The largest absolute Gasteiger partial charge is 0.444 e. The first-order valence-electron chi connectivity index (χ1n) is 11.6. The highest BCUT2D eigenvalue weighted by atomic mass is 79.9. The summed E-state index contributed by atoms with van der Waals surface area (Å²) < 4.78 is 7.59. The van der Waals surface area contributed by atoms with Crippen LogP contribution < -0.4 is 10.6 Å². The normalized spacial score (nSPS) is 17.8. The van der Waals surface area contributed by atoms with Gasteiger partial charge in [-0.15, -0.1) is 0 Å². The summed E-state index contributed by atoms with van der Waals surface area (Å²) in [6.45, 7) is 7.18. The second-order valence-electron chi connectivity index (χ2n) is 9.64. The van der Waals surface area contributed by atoms with Crippen molar-refractivity contribution in [2.45, 2.75) is 64.8 Å². The number of hydrogen-bond donors (Lipinski definition) is 2. The number of rotatable bonds is 5. The number of amides is 3. The maximum atomic E-state index is 13.5. The summed E-state index contributed by atoms with van der Waals surface area (Å²) in [6, 6.07) is 4.50.